The van der Waals surface area contributed by atoms with E-state index in [4.69, 9.17) is 4.74 Å². The van der Waals surface area contributed by atoms with Crippen LogP contribution in [0.2, 0.25) is 0 Å². The van der Waals surface area contributed by atoms with Gasteiger partial charge in [-0.3, -0.25) is 4.79 Å². The van der Waals surface area contributed by atoms with Crippen molar-refractivity contribution in [3.05, 3.63) is 53.6 Å². The van der Waals surface area contributed by atoms with Gasteiger partial charge in [0.15, 0.2) is 6.61 Å². The molecule has 0 saturated carbocycles. The molecular weight excluding hydrogens is 254 g/mol. The van der Waals surface area contributed by atoms with Gasteiger partial charge in [-0.1, -0.05) is 24.3 Å². The number of anilines is 1. The van der Waals surface area contributed by atoms with Crippen molar-refractivity contribution in [2.24, 2.45) is 0 Å². The third kappa shape index (κ3) is 6.00. The van der Waals surface area contributed by atoms with Crippen LogP contribution in [0, 0.1) is 13.8 Å². The topological polar surface area (TPSA) is 55.4 Å². The number of aryl methyl sites for hydroxylation is 2. The third-order valence-electron chi connectivity index (χ3n) is 2.39. The van der Waals surface area contributed by atoms with Gasteiger partial charge in [0.05, 0.1) is 0 Å². The van der Waals surface area contributed by atoms with Gasteiger partial charge in [-0.15, -0.1) is 0 Å². The van der Waals surface area contributed by atoms with E-state index in [1.54, 1.807) is 18.2 Å². The van der Waals surface area contributed by atoms with Gasteiger partial charge in [0, 0.05) is 11.8 Å². The maximum atomic E-state index is 11.6. The lowest BCUT2D eigenvalue weighted by atomic mass is 10.1. The normalized spacial score (nSPS) is 10.9. The van der Waals surface area contributed by atoms with Gasteiger partial charge >= 0.3 is 5.97 Å². The monoisotopic (exact) mass is 273 g/mol. The van der Waals surface area contributed by atoms with Crippen molar-refractivity contribution in [1.82, 2.24) is 0 Å². The highest BCUT2D eigenvalue weighted by molar-refractivity contribution is 5.93. The Hall–Kier alpha value is -2.36. The summed E-state index contributed by atoms with van der Waals surface area (Å²) in [5.74, 6) is -0.901. The second kappa shape index (κ2) is 7.94. The number of amides is 1. The van der Waals surface area contributed by atoms with Crippen LogP contribution in [-0.2, 0) is 14.3 Å². The summed E-state index contributed by atoms with van der Waals surface area (Å²) in [5.41, 5.74) is 2.83. The number of hydrogen-bond acceptors (Lipinski definition) is 3. The minimum atomic E-state index is -0.543. The standard InChI is InChI=1S/C16H19NO3/c1-4-5-6-7-16(19)20-11-15(18)17-14-9-12(2)8-13(3)10-14/h4-10H,11H2,1-3H3,(H,17,18)/b5-4+,7-6+. The van der Waals surface area contributed by atoms with E-state index in [1.165, 1.54) is 6.08 Å². The molecule has 0 aliphatic rings. The molecule has 0 saturated heterocycles. The molecule has 1 rings (SSSR count). The summed E-state index contributed by atoms with van der Waals surface area (Å²) in [6.45, 7) is 5.45. The van der Waals surface area contributed by atoms with Gasteiger partial charge < -0.3 is 10.1 Å². The largest absolute Gasteiger partial charge is 0.452 e. The van der Waals surface area contributed by atoms with E-state index in [1.807, 2.05) is 39.0 Å². The molecule has 1 aromatic carbocycles. The van der Waals surface area contributed by atoms with Crippen LogP contribution in [0.5, 0.6) is 0 Å². The van der Waals surface area contributed by atoms with Gasteiger partial charge in [0.25, 0.3) is 5.91 Å². The van der Waals surface area contributed by atoms with Gasteiger partial charge in [-0.25, -0.2) is 4.79 Å². The highest BCUT2D eigenvalue weighted by Crippen LogP contribution is 2.13. The van der Waals surface area contributed by atoms with Crippen LogP contribution in [0.15, 0.2) is 42.5 Å². The molecule has 0 aromatic heterocycles. The molecule has 106 valence electrons. The van der Waals surface area contributed by atoms with Gasteiger partial charge in [0.2, 0.25) is 0 Å². The van der Waals surface area contributed by atoms with Gasteiger partial charge in [-0.2, -0.15) is 0 Å². The minimum Gasteiger partial charge on any atom is -0.452 e. The van der Waals surface area contributed by atoms with E-state index >= 15 is 0 Å². The number of esters is 1. The Bertz CT molecular complexity index is 524. The summed E-state index contributed by atoms with van der Waals surface area (Å²) in [5, 5.41) is 2.69. The molecule has 0 radical (unpaired) electrons. The Labute approximate surface area is 119 Å². The first-order chi connectivity index (χ1) is 9.51. The fourth-order valence-corrected chi connectivity index (χ4v) is 1.67. The smallest absolute Gasteiger partial charge is 0.331 e. The third-order valence-corrected chi connectivity index (χ3v) is 2.39. The van der Waals surface area contributed by atoms with Crippen molar-refractivity contribution in [3.63, 3.8) is 0 Å². The van der Waals surface area contributed by atoms with Crippen molar-refractivity contribution >= 4 is 17.6 Å². The molecule has 4 nitrogen and oxygen atoms in total. The lowest BCUT2D eigenvalue weighted by molar-refractivity contribution is -0.142. The van der Waals surface area contributed by atoms with E-state index in [2.05, 4.69) is 5.32 Å². The van der Waals surface area contributed by atoms with Crippen LogP contribution >= 0.6 is 0 Å². The van der Waals surface area contributed by atoms with Crippen LogP contribution < -0.4 is 5.32 Å². The van der Waals surface area contributed by atoms with Crippen LogP contribution in [0.25, 0.3) is 0 Å². The maximum absolute atomic E-state index is 11.6. The predicted molar refractivity (Wildman–Crippen MR) is 79.5 cm³/mol. The number of nitrogens with one attached hydrogen (secondary N) is 1. The SMILES string of the molecule is C/C=C/C=C/C(=O)OCC(=O)Nc1cc(C)cc(C)c1. The second-order valence-corrected chi connectivity index (χ2v) is 4.42. The summed E-state index contributed by atoms with van der Waals surface area (Å²) in [7, 11) is 0. The highest BCUT2D eigenvalue weighted by Gasteiger charge is 2.06. The van der Waals surface area contributed by atoms with E-state index in [-0.39, 0.29) is 12.5 Å². The van der Waals surface area contributed by atoms with Crippen LogP contribution in [0.4, 0.5) is 5.69 Å². The number of carbonyl (C=O) groups is 2. The van der Waals surface area contributed by atoms with Crippen molar-refractivity contribution in [2.45, 2.75) is 20.8 Å². The minimum absolute atomic E-state index is 0.300. The Morgan fingerprint density at radius 1 is 1.15 bits per heavy atom. The molecule has 1 N–H and O–H groups in total. The highest BCUT2D eigenvalue weighted by atomic mass is 16.5. The van der Waals surface area contributed by atoms with E-state index < -0.39 is 5.97 Å². The average molecular weight is 273 g/mol. The van der Waals surface area contributed by atoms with Crippen LogP contribution in [-0.4, -0.2) is 18.5 Å². The summed E-state index contributed by atoms with van der Waals surface area (Å²) in [6.07, 6.45) is 6.32. The molecule has 0 spiro atoms. The molecule has 0 heterocycles. The Balaban J connectivity index is 2.46. The van der Waals surface area contributed by atoms with Crippen molar-refractivity contribution in [3.8, 4) is 0 Å². The first kappa shape index (κ1) is 15.7. The maximum Gasteiger partial charge on any atom is 0.331 e. The molecule has 20 heavy (non-hydrogen) atoms. The molecule has 1 aromatic rings. The fourth-order valence-electron chi connectivity index (χ4n) is 1.67. The summed E-state index contributed by atoms with van der Waals surface area (Å²) in [4.78, 5) is 22.9. The van der Waals surface area contributed by atoms with Crippen molar-refractivity contribution in [1.29, 1.82) is 0 Å². The summed E-state index contributed by atoms with van der Waals surface area (Å²) in [6, 6.07) is 5.74. The molecule has 0 aliphatic heterocycles. The van der Waals surface area contributed by atoms with Crippen molar-refractivity contribution < 1.29 is 14.3 Å². The van der Waals surface area contributed by atoms with E-state index in [0.29, 0.717) is 5.69 Å². The lowest BCUT2D eigenvalue weighted by Crippen LogP contribution is -2.20. The number of carbonyl (C=O) groups excluding carboxylic acids is 2. The number of hydrogen-bond donors (Lipinski definition) is 1. The quantitative estimate of drug-likeness (QED) is 0.510. The van der Waals surface area contributed by atoms with Crippen LogP contribution in [0.3, 0.4) is 0 Å². The first-order valence-corrected chi connectivity index (χ1v) is 6.35. The molecular formula is C16H19NO3. The Kier molecular flexibility index (Phi) is 6.23. The zero-order valence-corrected chi connectivity index (χ0v) is 12.0. The summed E-state index contributed by atoms with van der Waals surface area (Å²) < 4.78 is 4.81. The Morgan fingerprint density at radius 2 is 1.80 bits per heavy atom. The van der Waals surface area contributed by atoms with E-state index in [9.17, 15) is 9.59 Å². The van der Waals surface area contributed by atoms with E-state index in [0.717, 1.165) is 11.1 Å². The molecule has 0 fully saturated rings. The molecule has 0 atom stereocenters. The molecule has 0 unspecified atom stereocenters. The fraction of sp³-hybridized carbons (Fsp3) is 0.250. The van der Waals surface area contributed by atoms with Gasteiger partial charge in [0.1, 0.15) is 0 Å². The predicted octanol–water partition coefficient (Wildman–Crippen LogP) is 2.92. The zero-order chi connectivity index (χ0) is 15.0. The molecule has 0 bridgehead atoms. The molecule has 1 amide bonds. The molecule has 4 heteroatoms. The lowest BCUT2D eigenvalue weighted by Gasteiger charge is -2.07. The Morgan fingerprint density at radius 3 is 2.40 bits per heavy atom. The number of ether oxygens (including phenoxy) is 1. The second-order valence-electron chi connectivity index (χ2n) is 4.42. The van der Waals surface area contributed by atoms with Crippen LogP contribution in [0.1, 0.15) is 18.1 Å². The van der Waals surface area contributed by atoms with Crippen molar-refractivity contribution in [2.75, 3.05) is 11.9 Å². The first-order valence-electron chi connectivity index (χ1n) is 6.35. The summed E-state index contributed by atoms with van der Waals surface area (Å²) >= 11 is 0. The van der Waals surface area contributed by atoms with Gasteiger partial charge in [-0.05, 0) is 44.0 Å². The number of allylic oxidation sites excluding steroid dienone is 3. The number of benzene rings is 1. The number of rotatable bonds is 5. The zero-order valence-electron chi connectivity index (χ0n) is 12.0. The molecule has 0 aliphatic carbocycles. The average Bonchev–Trinajstić information content (AvgIpc) is 2.35.